The Morgan fingerprint density at radius 2 is 1.27 bits per heavy atom. The molecule has 0 saturated heterocycles. The van der Waals surface area contributed by atoms with Gasteiger partial charge in [-0.1, -0.05) is 44.0 Å². The summed E-state index contributed by atoms with van der Waals surface area (Å²) in [6.07, 6.45) is 4.08. The molecule has 140 valence electrons. The van der Waals surface area contributed by atoms with Gasteiger partial charge in [0.2, 0.25) is 0 Å². The van der Waals surface area contributed by atoms with Gasteiger partial charge in [0.1, 0.15) is 0 Å². The number of aryl methyl sites for hydroxylation is 3. The number of hydrogen-bond acceptors (Lipinski definition) is 0. The highest BCUT2D eigenvalue weighted by atomic mass is 19.2. The highest BCUT2D eigenvalue weighted by molar-refractivity contribution is 5.31. The lowest BCUT2D eigenvalue weighted by Crippen LogP contribution is -2.13. The van der Waals surface area contributed by atoms with Crippen molar-refractivity contribution < 1.29 is 17.6 Å². The molecular formula is C22H24F4. The predicted molar refractivity (Wildman–Crippen MR) is 95.2 cm³/mol. The van der Waals surface area contributed by atoms with E-state index in [4.69, 9.17) is 0 Å². The van der Waals surface area contributed by atoms with E-state index in [9.17, 15) is 17.6 Å². The van der Waals surface area contributed by atoms with Crippen LogP contribution in [0, 0.1) is 36.1 Å². The van der Waals surface area contributed by atoms with E-state index in [1.165, 1.54) is 19.1 Å². The third kappa shape index (κ3) is 3.79. The second-order valence-electron chi connectivity index (χ2n) is 7.57. The zero-order valence-corrected chi connectivity index (χ0v) is 15.2. The number of hydrogen-bond donors (Lipinski definition) is 0. The predicted octanol–water partition coefficient (Wildman–Crippen LogP) is 6.63. The van der Waals surface area contributed by atoms with Crippen molar-refractivity contribution in [3.63, 3.8) is 0 Å². The molecular weight excluding hydrogens is 340 g/mol. The third-order valence-corrected chi connectivity index (χ3v) is 5.67. The van der Waals surface area contributed by atoms with E-state index in [1.54, 1.807) is 12.1 Å². The Morgan fingerprint density at radius 1 is 0.731 bits per heavy atom. The first-order valence-electron chi connectivity index (χ1n) is 9.28. The lowest BCUT2D eigenvalue weighted by molar-refractivity contribution is 0.339. The second-order valence-corrected chi connectivity index (χ2v) is 7.57. The maximum absolute atomic E-state index is 14.6. The smallest absolute Gasteiger partial charge is 0.162 e. The molecule has 0 atom stereocenters. The number of benzene rings is 2. The number of rotatable bonds is 4. The average Bonchev–Trinajstić information content (AvgIpc) is 2.63. The first-order chi connectivity index (χ1) is 12.4. The topological polar surface area (TPSA) is 0 Å². The molecule has 1 aliphatic carbocycles. The molecule has 26 heavy (non-hydrogen) atoms. The first-order valence-corrected chi connectivity index (χ1v) is 9.28. The third-order valence-electron chi connectivity index (χ3n) is 5.67. The molecule has 0 amide bonds. The molecule has 0 N–H and O–H groups in total. The molecule has 0 spiro atoms. The lowest BCUT2D eigenvalue weighted by Gasteiger charge is -2.27. The average molecular weight is 364 g/mol. The summed E-state index contributed by atoms with van der Waals surface area (Å²) in [4.78, 5) is 0. The van der Waals surface area contributed by atoms with E-state index in [0.717, 1.165) is 25.7 Å². The fourth-order valence-corrected chi connectivity index (χ4v) is 3.83. The van der Waals surface area contributed by atoms with Crippen molar-refractivity contribution in [1.29, 1.82) is 0 Å². The first kappa shape index (κ1) is 18.9. The summed E-state index contributed by atoms with van der Waals surface area (Å²) >= 11 is 0. The zero-order chi connectivity index (χ0) is 18.8. The molecule has 0 aromatic heterocycles. The molecule has 1 fully saturated rings. The largest absolute Gasteiger partial charge is 0.203 e. The Kier molecular flexibility index (Phi) is 5.69. The molecule has 4 heteroatoms. The van der Waals surface area contributed by atoms with Crippen molar-refractivity contribution in [1.82, 2.24) is 0 Å². The molecule has 1 saturated carbocycles. The van der Waals surface area contributed by atoms with Crippen LogP contribution in [-0.4, -0.2) is 0 Å². The summed E-state index contributed by atoms with van der Waals surface area (Å²) in [5.74, 6) is -2.71. The Labute approximate surface area is 152 Å². The van der Waals surface area contributed by atoms with Gasteiger partial charge in [0.25, 0.3) is 0 Å². The highest BCUT2D eigenvalue weighted by Gasteiger charge is 2.24. The van der Waals surface area contributed by atoms with Gasteiger partial charge in [-0.3, -0.25) is 0 Å². The van der Waals surface area contributed by atoms with Crippen LogP contribution in [0.25, 0.3) is 0 Å². The van der Waals surface area contributed by atoms with Crippen LogP contribution in [0.5, 0.6) is 0 Å². The van der Waals surface area contributed by atoms with Gasteiger partial charge in [-0.15, -0.1) is 0 Å². The van der Waals surface area contributed by atoms with Gasteiger partial charge >= 0.3 is 0 Å². The minimum Gasteiger partial charge on any atom is -0.203 e. The Bertz CT molecular complexity index is 789. The van der Waals surface area contributed by atoms with Gasteiger partial charge in [0, 0.05) is 0 Å². The highest BCUT2D eigenvalue weighted by Crippen LogP contribution is 2.37. The monoisotopic (exact) mass is 364 g/mol. The van der Waals surface area contributed by atoms with Crippen molar-refractivity contribution in [3.05, 3.63) is 69.8 Å². The zero-order valence-electron chi connectivity index (χ0n) is 15.2. The van der Waals surface area contributed by atoms with E-state index in [-0.39, 0.29) is 35.4 Å². The fourth-order valence-electron chi connectivity index (χ4n) is 3.83. The van der Waals surface area contributed by atoms with Crippen LogP contribution in [0.3, 0.4) is 0 Å². The van der Waals surface area contributed by atoms with Crippen molar-refractivity contribution in [2.75, 3.05) is 0 Å². The summed E-state index contributed by atoms with van der Waals surface area (Å²) in [6, 6.07) is 6.26. The van der Waals surface area contributed by atoms with E-state index < -0.39 is 23.3 Å². The summed E-state index contributed by atoms with van der Waals surface area (Å²) < 4.78 is 56.6. The molecule has 2 aromatic rings. The summed E-state index contributed by atoms with van der Waals surface area (Å²) in [5.41, 5.74) is 1.06. The molecule has 0 radical (unpaired) electrons. The molecule has 3 rings (SSSR count). The van der Waals surface area contributed by atoms with Crippen LogP contribution >= 0.6 is 0 Å². The van der Waals surface area contributed by atoms with Crippen LogP contribution < -0.4 is 0 Å². The van der Waals surface area contributed by atoms with Gasteiger partial charge in [-0.2, -0.15) is 0 Å². The standard InChI is InChI=1S/C22H24F4/c1-13-3-6-15(7-4-13)18-12-11-17(21(25)22(18)26)10-9-16-8-5-14(2)19(23)20(16)24/h5,8,11-13,15H,3-4,6-7,9-10H2,1-2H3. The maximum Gasteiger partial charge on any atom is 0.162 e. The maximum atomic E-state index is 14.6. The van der Waals surface area contributed by atoms with Crippen molar-refractivity contribution in [2.24, 2.45) is 5.92 Å². The van der Waals surface area contributed by atoms with Crippen molar-refractivity contribution in [3.8, 4) is 0 Å². The minimum atomic E-state index is -0.904. The van der Waals surface area contributed by atoms with Crippen LogP contribution in [0.2, 0.25) is 0 Å². The molecule has 0 bridgehead atoms. The van der Waals surface area contributed by atoms with Crippen LogP contribution in [0.1, 0.15) is 60.8 Å². The van der Waals surface area contributed by atoms with Crippen molar-refractivity contribution in [2.45, 2.75) is 58.3 Å². The molecule has 0 unspecified atom stereocenters. The van der Waals surface area contributed by atoms with Gasteiger partial charge in [0.05, 0.1) is 0 Å². The second kappa shape index (κ2) is 7.81. The minimum absolute atomic E-state index is 0.0680. The summed E-state index contributed by atoms with van der Waals surface area (Å²) in [6.45, 7) is 3.67. The van der Waals surface area contributed by atoms with Crippen LogP contribution in [0.15, 0.2) is 24.3 Å². The van der Waals surface area contributed by atoms with Gasteiger partial charge in [-0.05, 0) is 66.7 Å². The Hall–Kier alpha value is -1.84. The van der Waals surface area contributed by atoms with E-state index in [0.29, 0.717) is 11.5 Å². The normalized spacial score (nSPS) is 20.4. The molecule has 2 aromatic carbocycles. The SMILES string of the molecule is Cc1ccc(CCc2ccc(C3CCC(C)CC3)c(F)c2F)c(F)c1F. The molecule has 0 heterocycles. The molecule has 0 aliphatic heterocycles. The van der Waals surface area contributed by atoms with E-state index in [2.05, 4.69) is 6.92 Å². The van der Waals surface area contributed by atoms with Crippen LogP contribution in [0.4, 0.5) is 17.6 Å². The van der Waals surface area contributed by atoms with Crippen LogP contribution in [-0.2, 0) is 12.8 Å². The molecule has 0 nitrogen and oxygen atoms in total. The number of halogens is 4. The van der Waals surface area contributed by atoms with Gasteiger partial charge in [-0.25, -0.2) is 17.6 Å². The van der Waals surface area contributed by atoms with E-state index >= 15 is 0 Å². The van der Waals surface area contributed by atoms with Gasteiger partial charge in [0.15, 0.2) is 23.3 Å². The Balaban J connectivity index is 1.75. The quantitative estimate of drug-likeness (QED) is 0.534. The van der Waals surface area contributed by atoms with E-state index in [1.807, 2.05) is 0 Å². The Morgan fingerprint density at radius 3 is 1.88 bits per heavy atom. The van der Waals surface area contributed by atoms with Gasteiger partial charge < -0.3 is 0 Å². The van der Waals surface area contributed by atoms with Crippen molar-refractivity contribution >= 4 is 0 Å². The molecule has 1 aliphatic rings. The summed E-state index contributed by atoms with van der Waals surface area (Å²) in [5, 5.41) is 0. The summed E-state index contributed by atoms with van der Waals surface area (Å²) in [7, 11) is 0. The lowest BCUT2D eigenvalue weighted by atomic mass is 9.79. The fraction of sp³-hybridized carbons (Fsp3) is 0.455.